The van der Waals surface area contributed by atoms with Crippen molar-refractivity contribution in [3.63, 3.8) is 0 Å². The molecule has 1 heterocycles. The molecule has 0 spiro atoms. The summed E-state index contributed by atoms with van der Waals surface area (Å²) in [5.41, 5.74) is 0.421. The summed E-state index contributed by atoms with van der Waals surface area (Å²) < 4.78 is 28.9. The molecule has 8 nitrogen and oxygen atoms in total. The van der Waals surface area contributed by atoms with Crippen molar-refractivity contribution in [2.75, 3.05) is 19.6 Å². The van der Waals surface area contributed by atoms with Crippen molar-refractivity contribution in [2.45, 2.75) is 123 Å². The molecular formula is C31H55N3O5S. The third kappa shape index (κ3) is 5.58. The third-order valence-electron chi connectivity index (χ3n) is 12.7. The molecule has 1 aliphatic heterocycles. The molecule has 5 rings (SSSR count). The molecule has 2 amide bonds. The van der Waals surface area contributed by atoms with Crippen LogP contribution in [-0.2, 0) is 10.2 Å². The summed E-state index contributed by atoms with van der Waals surface area (Å²) in [7, 11) is -3.79. The summed E-state index contributed by atoms with van der Waals surface area (Å²) >= 11 is 0. The Bertz CT molecular complexity index is 1000. The van der Waals surface area contributed by atoms with E-state index >= 15 is 0 Å². The molecule has 4 aliphatic carbocycles. The molecule has 4 N–H and O–H groups in total. The number of amides is 2. The number of aliphatic hydroxyl groups excluding tert-OH is 2. The lowest BCUT2D eigenvalue weighted by Gasteiger charge is -2.64. The molecule has 4 saturated carbocycles. The zero-order chi connectivity index (χ0) is 28.7. The van der Waals surface area contributed by atoms with E-state index in [1.165, 1.54) is 30.0 Å². The molecule has 230 valence electrons. The quantitative estimate of drug-likeness (QED) is 0.322. The standard InChI is InChI=1S/C31H55N3O5S/c1-4-23-26-20-22(35)13-15-31(26,3)25-14-16-30(2)21(11-12-24(30)27(25)28(23)36)10-9-17-32-29(37)33-40(38,39)34-18-7-5-6-8-19-34/h21-28,35-36H,4-20H2,1-3H3,(H2,32,33,37)/t21-,22+,23+,24-,25-,26-,27-,28+,30+,31+/m0/s1. The number of hydrogen-bond acceptors (Lipinski definition) is 5. The second-order valence-electron chi connectivity index (χ2n) is 14.5. The van der Waals surface area contributed by atoms with Crippen LogP contribution in [0, 0.1) is 46.3 Å². The minimum Gasteiger partial charge on any atom is -0.393 e. The number of nitrogens with zero attached hydrogens (tertiary/aromatic N) is 1. The van der Waals surface area contributed by atoms with E-state index in [1.807, 2.05) is 0 Å². The van der Waals surface area contributed by atoms with Crippen LogP contribution in [0.2, 0.25) is 0 Å². The van der Waals surface area contributed by atoms with Crippen LogP contribution in [0.1, 0.15) is 111 Å². The van der Waals surface area contributed by atoms with Gasteiger partial charge in [-0.3, -0.25) is 0 Å². The monoisotopic (exact) mass is 581 g/mol. The van der Waals surface area contributed by atoms with E-state index < -0.39 is 16.2 Å². The Morgan fingerprint density at radius 3 is 2.30 bits per heavy atom. The predicted octanol–water partition coefficient (Wildman–Crippen LogP) is 4.81. The van der Waals surface area contributed by atoms with Crippen LogP contribution < -0.4 is 10.0 Å². The molecule has 0 aromatic carbocycles. The Hall–Kier alpha value is -0.900. The highest BCUT2D eigenvalue weighted by Gasteiger charge is 2.64. The largest absolute Gasteiger partial charge is 0.393 e. The van der Waals surface area contributed by atoms with Crippen LogP contribution in [0.5, 0.6) is 0 Å². The molecule has 5 aliphatic rings. The summed E-state index contributed by atoms with van der Waals surface area (Å²) in [6.07, 6.45) is 13.6. The Labute approximate surface area is 242 Å². The van der Waals surface area contributed by atoms with Crippen LogP contribution >= 0.6 is 0 Å². The summed E-state index contributed by atoms with van der Waals surface area (Å²) in [5, 5.41) is 25.1. The van der Waals surface area contributed by atoms with Crippen molar-refractivity contribution in [3.8, 4) is 0 Å². The van der Waals surface area contributed by atoms with Gasteiger partial charge in [0.2, 0.25) is 0 Å². The van der Waals surface area contributed by atoms with Gasteiger partial charge in [-0.05, 0) is 117 Å². The molecule has 5 fully saturated rings. The average molecular weight is 582 g/mol. The zero-order valence-corrected chi connectivity index (χ0v) is 25.9. The second-order valence-corrected chi connectivity index (χ2v) is 16.2. The molecule has 0 aromatic rings. The van der Waals surface area contributed by atoms with Crippen molar-refractivity contribution in [3.05, 3.63) is 0 Å². The average Bonchev–Trinajstić information content (AvgIpc) is 3.06. The number of carbonyl (C=O) groups is 1. The number of carbonyl (C=O) groups excluding carboxylic acids is 1. The van der Waals surface area contributed by atoms with E-state index in [2.05, 4.69) is 30.8 Å². The number of urea groups is 1. The van der Waals surface area contributed by atoms with Gasteiger partial charge in [-0.2, -0.15) is 12.7 Å². The highest BCUT2D eigenvalue weighted by Crippen LogP contribution is 2.69. The third-order valence-corrected chi connectivity index (χ3v) is 14.2. The highest BCUT2D eigenvalue weighted by atomic mass is 32.2. The number of rotatable bonds is 7. The van der Waals surface area contributed by atoms with Gasteiger partial charge in [-0.15, -0.1) is 0 Å². The van der Waals surface area contributed by atoms with Gasteiger partial charge in [-0.1, -0.05) is 40.0 Å². The Balaban J connectivity index is 1.16. The van der Waals surface area contributed by atoms with Gasteiger partial charge in [0.25, 0.3) is 0 Å². The Morgan fingerprint density at radius 2 is 1.60 bits per heavy atom. The maximum Gasteiger partial charge on any atom is 0.329 e. The van der Waals surface area contributed by atoms with Crippen molar-refractivity contribution in [1.82, 2.24) is 14.3 Å². The molecule has 1 saturated heterocycles. The first-order valence-corrected chi connectivity index (χ1v) is 17.9. The molecule has 0 radical (unpaired) electrons. The maximum absolute atomic E-state index is 12.6. The molecule has 40 heavy (non-hydrogen) atoms. The van der Waals surface area contributed by atoms with Crippen LogP contribution in [-0.4, -0.2) is 60.8 Å². The fraction of sp³-hybridized carbons (Fsp3) is 0.968. The summed E-state index contributed by atoms with van der Waals surface area (Å²) in [6, 6.07) is -0.628. The normalized spacial score (nSPS) is 44.1. The zero-order valence-electron chi connectivity index (χ0n) is 25.1. The summed E-state index contributed by atoms with van der Waals surface area (Å²) in [6.45, 7) is 8.58. The van der Waals surface area contributed by atoms with Gasteiger partial charge in [0.15, 0.2) is 0 Å². The van der Waals surface area contributed by atoms with E-state index in [-0.39, 0.29) is 29.0 Å². The lowest BCUT2D eigenvalue weighted by molar-refractivity contribution is -0.202. The van der Waals surface area contributed by atoms with Gasteiger partial charge in [0.05, 0.1) is 12.2 Å². The minimum absolute atomic E-state index is 0.205. The smallest absolute Gasteiger partial charge is 0.329 e. The first-order chi connectivity index (χ1) is 19.0. The molecule has 0 unspecified atom stereocenters. The first kappa shape index (κ1) is 30.6. The van der Waals surface area contributed by atoms with Crippen molar-refractivity contribution < 1.29 is 23.4 Å². The van der Waals surface area contributed by atoms with Gasteiger partial charge in [-0.25, -0.2) is 9.52 Å². The Morgan fingerprint density at radius 1 is 0.925 bits per heavy atom. The molecule has 0 aromatic heterocycles. The van der Waals surface area contributed by atoms with Crippen LogP contribution in [0.15, 0.2) is 0 Å². The maximum atomic E-state index is 12.6. The van der Waals surface area contributed by atoms with Crippen molar-refractivity contribution in [1.29, 1.82) is 0 Å². The van der Waals surface area contributed by atoms with E-state index in [9.17, 15) is 23.4 Å². The van der Waals surface area contributed by atoms with Gasteiger partial charge in [0.1, 0.15) is 0 Å². The minimum atomic E-state index is -3.79. The molecule has 9 heteroatoms. The summed E-state index contributed by atoms with van der Waals surface area (Å²) in [4.78, 5) is 12.4. The van der Waals surface area contributed by atoms with Crippen molar-refractivity contribution >= 4 is 16.2 Å². The topological polar surface area (TPSA) is 119 Å². The SMILES string of the molecule is CC[C@H]1[C@@H](O)[C@@H]2[C@H](CC[C@]3(C)[C@@H](CCCNC(=O)NS(=O)(=O)N4CCCCCC4)CC[C@@H]23)[C@@]2(C)CC[C@@H](O)C[C@@H]12. The molecule has 0 bridgehead atoms. The van der Waals surface area contributed by atoms with E-state index in [0.717, 1.165) is 64.2 Å². The molecular weight excluding hydrogens is 526 g/mol. The first-order valence-electron chi connectivity index (χ1n) is 16.4. The summed E-state index contributed by atoms with van der Waals surface area (Å²) in [5.74, 6) is 2.67. The van der Waals surface area contributed by atoms with Crippen molar-refractivity contribution in [2.24, 2.45) is 46.3 Å². The van der Waals surface area contributed by atoms with E-state index in [0.29, 0.717) is 49.2 Å². The van der Waals surface area contributed by atoms with Gasteiger partial charge < -0.3 is 15.5 Å². The van der Waals surface area contributed by atoms with Crippen LogP contribution in [0.3, 0.4) is 0 Å². The number of fused-ring (bicyclic) bond motifs is 5. The second kappa shape index (κ2) is 12.0. The van der Waals surface area contributed by atoms with Crippen LogP contribution in [0.25, 0.3) is 0 Å². The number of hydrogen-bond donors (Lipinski definition) is 4. The number of aliphatic hydroxyl groups is 2. The fourth-order valence-electron chi connectivity index (χ4n) is 10.6. The molecule has 10 atom stereocenters. The van der Waals surface area contributed by atoms with E-state index in [1.54, 1.807) is 0 Å². The Kier molecular flexibility index (Phi) is 9.17. The van der Waals surface area contributed by atoms with Gasteiger partial charge >= 0.3 is 16.2 Å². The number of nitrogens with one attached hydrogen (secondary N) is 2. The van der Waals surface area contributed by atoms with Crippen LogP contribution in [0.4, 0.5) is 4.79 Å². The predicted molar refractivity (Wildman–Crippen MR) is 157 cm³/mol. The highest BCUT2D eigenvalue weighted by molar-refractivity contribution is 7.87. The van der Waals surface area contributed by atoms with E-state index in [4.69, 9.17) is 0 Å². The van der Waals surface area contributed by atoms with Gasteiger partial charge in [0, 0.05) is 19.6 Å². The fourth-order valence-corrected chi connectivity index (χ4v) is 11.8. The lowest BCUT2D eigenvalue weighted by Crippen LogP contribution is -2.62. The lowest BCUT2D eigenvalue weighted by atomic mass is 9.41.